The van der Waals surface area contributed by atoms with E-state index in [1.165, 1.54) is 44.1 Å². The lowest BCUT2D eigenvalue weighted by Crippen LogP contribution is -2.39. The Bertz CT molecular complexity index is 1780. The second-order valence-electron chi connectivity index (χ2n) is 11.6. The lowest BCUT2D eigenvalue weighted by Gasteiger charge is -2.42. The minimum atomic E-state index is -0.975. The van der Waals surface area contributed by atoms with E-state index in [1.54, 1.807) is 12.1 Å². The molecule has 4 atom stereocenters. The maximum absolute atomic E-state index is 14.2. The second-order valence-corrected chi connectivity index (χ2v) is 11.6. The Morgan fingerprint density at radius 1 is 0.932 bits per heavy atom. The van der Waals surface area contributed by atoms with Gasteiger partial charge in [0.25, 0.3) is 0 Å². The molecule has 1 N–H and O–H groups in total. The van der Waals surface area contributed by atoms with Crippen LogP contribution in [-0.4, -0.2) is 52.4 Å². The van der Waals surface area contributed by atoms with E-state index in [1.807, 2.05) is 6.08 Å². The lowest BCUT2D eigenvalue weighted by molar-refractivity contribution is -0.392. The summed E-state index contributed by atoms with van der Waals surface area (Å²) in [5.41, 5.74) is 0.288. The summed E-state index contributed by atoms with van der Waals surface area (Å²) < 4.78 is 0. The number of phenols is 1. The van der Waals surface area contributed by atoms with Gasteiger partial charge in [-0.05, 0) is 49.5 Å². The van der Waals surface area contributed by atoms with E-state index in [-0.39, 0.29) is 52.7 Å². The molecule has 1 aliphatic heterocycles. The molecule has 0 saturated carbocycles. The number of carbonyl (C=O) groups excluding carboxylic acids is 4. The zero-order valence-corrected chi connectivity index (χ0v) is 23.8. The monoisotopic (exact) mass is 598 g/mol. The molecular formula is C31H26N4O9. The van der Waals surface area contributed by atoms with Gasteiger partial charge in [0.1, 0.15) is 5.75 Å². The summed E-state index contributed by atoms with van der Waals surface area (Å²) in [7, 11) is 2.82. The van der Waals surface area contributed by atoms with E-state index in [9.17, 15) is 44.5 Å². The number of aromatic hydroxyl groups is 1. The number of fused-ring (bicyclic) bond motifs is 3. The molecule has 1 heterocycles. The van der Waals surface area contributed by atoms with Crippen LogP contribution < -0.4 is 9.80 Å². The number of hydrogen-bond acceptors (Lipinski definition) is 10. The van der Waals surface area contributed by atoms with Gasteiger partial charge in [0.2, 0.25) is 11.8 Å². The van der Waals surface area contributed by atoms with Gasteiger partial charge in [-0.1, -0.05) is 23.8 Å². The molecule has 1 fully saturated rings. The molecule has 6 rings (SSSR count). The molecule has 0 aromatic heterocycles. The van der Waals surface area contributed by atoms with Gasteiger partial charge in [0.15, 0.2) is 17.3 Å². The summed E-state index contributed by atoms with van der Waals surface area (Å²) in [6.45, 7) is 1.54. The molecule has 3 aliphatic carbocycles. The number of ketones is 2. The number of allylic oxidation sites excluding steroid dienone is 6. The minimum Gasteiger partial charge on any atom is -0.508 e. The Morgan fingerprint density at radius 3 is 2.11 bits per heavy atom. The summed E-state index contributed by atoms with van der Waals surface area (Å²) in [5.74, 6) is -5.21. The maximum atomic E-state index is 14.2. The Kier molecular flexibility index (Phi) is 6.56. The number of nitro groups is 2. The zero-order valence-electron chi connectivity index (χ0n) is 23.8. The topological polar surface area (TPSA) is 181 Å². The van der Waals surface area contributed by atoms with E-state index in [2.05, 4.69) is 0 Å². The average Bonchev–Trinajstić information content (AvgIpc) is 3.23. The standard InChI is InChI=1S/C31H26N4O9/c1-14-10-24(37)27-21(29(14)38)13-20-18(25(27)15-4-6-17(36)7-5-15)8-9-19-26(20)31(40)33(30(19)39)16-11-22(34(41)42)28(32(2)3)23(12-16)35(43)44/h4-8,10-12,19-20,25-26,36H,9,13H2,1-3H3. The fraction of sp³-hybridized carbons (Fsp3) is 0.290. The summed E-state index contributed by atoms with van der Waals surface area (Å²) in [4.78, 5) is 79.0. The van der Waals surface area contributed by atoms with Crippen LogP contribution in [0.3, 0.4) is 0 Å². The Labute approximate surface area is 250 Å². The number of rotatable bonds is 5. The van der Waals surface area contributed by atoms with Crippen LogP contribution in [0.2, 0.25) is 0 Å². The van der Waals surface area contributed by atoms with Gasteiger partial charge in [-0.15, -0.1) is 0 Å². The number of nitro benzene ring substituents is 2. The summed E-state index contributed by atoms with van der Waals surface area (Å²) >= 11 is 0. The van der Waals surface area contributed by atoms with Crippen molar-refractivity contribution in [1.82, 2.24) is 0 Å². The predicted molar refractivity (Wildman–Crippen MR) is 156 cm³/mol. The van der Waals surface area contributed by atoms with Crippen LogP contribution in [0.25, 0.3) is 0 Å². The van der Waals surface area contributed by atoms with Crippen LogP contribution in [0.4, 0.5) is 22.7 Å². The molecule has 2 amide bonds. The Balaban J connectivity index is 1.48. The maximum Gasteiger partial charge on any atom is 0.301 e. The third-order valence-electron chi connectivity index (χ3n) is 8.94. The van der Waals surface area contributed by atoms with Crippen molar-refractivity contribution in [3.05, 3.63) is 96.6 Å². The van der Waals surface area contributed by atoms with E-state index in [0.717, 1.165) is 17.0 Å². The SMILES string of the molecule is CC1=CC(=O)C2=C(CC3C(=CCC4C(=O)N(c5cc([N+](=O)[O-])c(N(C)C)c([N+](=O)[O-])c5)C(=O)C43)C2c2ccc(O)cc2)C1=O. The number of carbonyl (C=O) groups is 4. The van der Waals surface area contributed by atoms with Gasteiger partial charge < -0.3 is 10.0 Å². The highest BCUT2D eigenvalue weighted by molar-refractivity contribution is 6.25. The van der Waals surface area contributed by atoms with E-state index in [4.69, 9.17) is 0 Å². The Hall–Kier alpha value is -5.46. The summed E-state index contributed by atoms with van der Waals surface area (Å²) in [6, 6.07) is 8.18. The molecule has 4 aliphatic rings. The van der Waals surface area contributed by atoms with Gasteiger partial charge in [-0.3, -0.25) is 39.4 Å². The first-order valence-corrected chi connectivity index (χ1v) is 13.8. The first kappa shape index (κ1) is 28.6. The fourth-order valence-electron chi connectivity index (χ4n) is 7.14. The number of nitrogens with zero attached hydrogens (tertiary/aromatic N) is 4. The van der Waals surface area contributed by atoms with Crippen LogP contribution in [0, 0.1) is 38.0 Å². The first-order chi connectivity index (χ1) is 20.8. The van der Waals surface area contributed by atoms with Crippen molar-refractivity contribution in [2.24, 2.45) is 17.8 Å². The molecule has 4 unspecified atom stereocenters. The molecule has 0 spiro atoms. The average molecular weight is 599 g/mol. The van der Waals surface area contributed by atoms with Gasteiger partial charge in [0.05, 0.1) is 27.4 Å². The smallest absolute Gasteiger partial charge is 0.301 e. The number of phenolic OH excluding ortho intramolecular Hbond substituents is 1. The highest BCUT2D eigenvalue weighted by atomic mass is 16.6. The first-order valence-electron chi connectivity index (χ1n) is 13.8. The van der Waals surface area contributed by atoms with E-state index >= 15 is 0 Å². The number of imide groups is 1. The van der Waals surface area contributed by atoms with Crippen LogP contribution in [0.5, 0.6) is 5.75 Å². The minimum absolute atomic E-state index is 0.00506. The number of amides is 2. The number of Topliss-reactive ketones (excluding diaryl/α,β-unsaturated/α-hetero) is 1. The molecule has 0 radical (unpaired) electrons. The number of anilines is 2. The van der Waals surface area contributed by atoms with Gasteiger partial charge >= 0.3 is 11.4 Å². The van der Waals surface area contributed by atoms with Gasteiger partial charge in [0, 0.05) is 48.9 Å². The normalized spacial score (nSPS) is 24.4. The van der Waals surface area contributed by atoms with Crippen molar-refractivity contribution in [2.45, 2.75) is 25.7 Å². The van der Waals surface area contributed by atoms with Crippen LogP contribution in [-0.2, 0) is 19.2 Å². The number of benzene rings is 2. The highest BCUT2D eigenvalue weighted by Gasteiger charge is 2.57. The molecule has 2 aromatic rings. The molecule has 13 nitrogen and oxygen atoms in total. The van der Waals surface area contributed by atoms with Crippen molar-refractivity contribution < 1.29 is 34.1 Å². The zero-order chi connectivity index (χ0) is 31.8. The third kappa shape index (κ3) is 4.14. The largest absolute Gasteiger partial charge is 0.508 e. The number of hydrogen-bond donors (Lipinski definition) is 1. The van der Waals surface area contributed by atoms with E-state index in [0.29, 0.717) is 16.7 Å². The Morgan fingerprint density at radius 2 is 1.55 bits per heavy atom. The molecule has 224 valence electrons. The quantitative estimate of drug-likeness (QED) is 0.174. The summed E-state index contributed by atoms with van der Waals surface area (Å²) in [6.07, 6.45) is 3.25. The fourth-order valence-corrected chi connectivity index (χ4v) is 7.14. The molecule has 1 saturated heterocycles. The molecular weight excluding hydrogens is 572 g/mol. The van der Waals surface area contributed by atoms with Crippen LogP contribution >= 0.6 is 0 Å². The molecule has 0 bridgehead atoms. The van der Waals surface area contributed by atoms with Gasteiger partial charge in [-0.25, -0.2) is 4.90 Å². The van der Waals surface area contributed by atoms with Crippen molar-refractivity contribution >= 4 is 46.1 Å². The van der Waals surface area contributed by atoms with E-state index < -0.39 is 56.7 Å². The summed E-state index contributed by atoms with van der Waals surface area (Å²) in [5, 5.41) is 33.8. The van der Waals surface area contributed by atoms with Crippen LogP contribution in [0.1, 0.15) is 31.2 Å². The molecule has 44 heavy (non-hydrogen) atoms. The van der Waals surface area contributed by atoms with Gasteiger partial charge in [-0.2, -0.15) is 0 Å². The molecule has 2 aromatic carbocycles. The van der Waals surface area contributed by atoms with Crippen molar-refractivity contribution in [1.29, 1.82) is 0 Å². The third-order valence-corrected chi connectivity index (χ3v) is 8.94. The second kappa shape index (κ2) is 10.1. The van der Waals surface area contributed by atoms with Crippen molar-refractivity contribution in [2.75, 3.05) is 23.9 Å². The predicted octanol–water partition coefficient (Wildman–Crippen LogP) is 3.91. The lowest BCUT2D eigenvalue weighted by atomic mass is 9.59. The van der Waals surface area contributed by atoms with Crippen molar-refractivity contribution in [3.63, 3.8) is 0 Å². The van der Waals surface area contributed by atoms with Crippen LogP contribution in [0.15, 0.2) is 70.8 Å². The molecule has 13 heteroatoms. The van der Waals surface area contributed by atoms with Crippen molar-refractivity contribution in [3.8, 4) is 5.75 Å². The highest BCUT2D eigenvalue weighted by Crippen LogP contribution is 2.56.